The molecule has 2 aromatic rings. The zero-order chi connectivity index (χ0) is 17.0. The van der Waals surface area contributed by atoms with Crippen LogP contribution in [-0.4, -0.2) is 35.1 Å². The third-order valence-corrected chi connectivity index (χ3v) is 6.15. The van der Waals surface area contributed by atoms with Crippen molar-refractivity contribution < 1.29 is 8.42 Å². The molecule has 128 valence electrons. The third kappa shape index (κ3) is 4.01. The van der Waals surface area contributed by atoms with Gasteiger partial charge in [0.25, 0.3) is 10.2 Å². The molecule has 6 heteroatoms. The Morgan fingerprint density at radius 1 is 1.08 bits per heavy atom. The Hall–Kier alpha value is -1.76. The van der Waals surface area contributed by atoms with Crippen LogP contribution in [0.1, 0.15) is 29.7 Å². The monoisotopic (exact) mass is 345 g/mol. The van der Waals surface area contributed by atoms with Crippen LogP contribution in [0.3, 0.4) is 0 Å². The molecular formula is C18H23N3O2S. The molecule has 3 rings (SSSR count). The average molecular weight is 345 g/mol. The Morgan fingerprint density at radius 2 is 1.88 bits per heavy atom. The predicted molar refractivity (Wildman–Crippen MR) is 94.4 cm³/mol. The fourth-order valence-electron chi connectivity index (χ4n) is 2.99. The first-order chi connectivity index (χ1) is 11.6. The van der Waals surface area contributed by atoms with Gasteiger partial charge in [0.2, 0.25) is 0 Å². The Morgan fingerprint density at radius 3 is 2.54 bits per heavy atom. The lowest BCUT2D eigenvalue weighted by Crippen LogP contribution is -2.41. The van der Waals surface area contributed by atoms with Gasteiger partial charge in [-0.3, -0.25) is 4.98 Å². The molecule has 0 atom stereocenters. The van der Waals surface area contributed by atoms with E-state index < -0.39 is 10.2 Å². The van der Waals surface area contributed by atoms with Crippen LogP contribution in [0.25, 0.3) is 0 Å². The summed E-state index contributed by atoms with van der Waals surface area (Å²) in [5.74, 6) is 0. The van der Waals surface area contributed by atoms with Gasteiger partial charge < -0.3 is 0 Å². The van der Waals surface area contributed by atoms with E-state index in [9.17, 15) is 8.42 Å². The van der Waals surface area contributed by atoms with Gasteiger partial charge in [-0.15, -0.1) is 0 Å². The molecule has 0 spiro atoms. The SMILES string of the molecule is Cc1cccc(CN(Cc2ccccn2)S(=O)(=O)N2CCCC2)c1. The molecule has 1 saturated heterocycles. The van der Waals surface area contributed by atoms with Gasteiger partial charge in [-0.2, -0.15) is 17.0 Å². The summed E-state index contributed by atoms with van der Waals surface area (Å²) in [6.45, 7) is 3.87. The van der Waals surface area contributed by atoms with Crippen molar-refractivity contribution in [2.24, 2.45) is 0 Å². The van der Waals surface area contributed by atoms with Crippen molar-refractivity contribution in [3.63, 3.8) is 0 Å². The van der Waals surface area contributed by atoms with E-state index in [1.807, 2.05) is 49.4 Å². The third-order valence-electron chi connectivity index (χ3n) is 4.22. The number of aryl methyl sites for hydroxylation is 1. The first kappa shape index (κ1) is 17.1. The Bertz CT molecular complexity index is 772. The van der Waals surface area contributed by atoms with E-state index in [0.717, 1.165) is 29.7 Å². The standard InChI is InChI=1S/C18H23N3O2S/c1-16-7-6-8-17(13-16)14-21(15-18-9-2-3-10-19-18)24(22,23)20-11-4-5-12-20/h2-3,6-10,13H,4-5,11-12,14-15H2,1H3. The fraction of sp³-hybridized carbons (Fsp3) is 0.389. The number of pyridine rings is 1. The van der Waals surface area contributed by atoms with Crippen molar-refractivity contribution in [3.8, 4) is 0 Å². The van der Waals surface area contributed by atoms with E-state index in [-0.39, 0.29) is 6.54 Å². The summed E-state index contributed by atoms with van der Waals surface area (Å²) in [5, 5.41) is 0. The van der Waals surface area contributed by atoms with Crippen LogP contribution in [0.4, 0.5) is 0 Å². The van der Waals surface area contributed by atoms with Crippen LogP contribution < -0.4 is 0 Å². The highest BCUT2D eigenvalue weighted by Gasteiger charge is 2.32. The van der Waals surface area contributed by atoms with Crippen molar-refractivity contribution in [2.45, 2.75) is 32.9 Å². The zero-order valence-electron chi connectivity index (χ0n) is 13.9. The van der Waals surface area contributed by atoms with E-state index in [0.29, 0.717) is 19.6 Å². The number of benzene rings is 1. The molecule has 0 bridgehead atoms. The Kier molecular flexibility index (Phi) is 5.28. The Balaban J connectivity index is 1.88. The quantitative estimate of drug-likeness (QED) is 0.809. The van der Waals surface area contributed by atoms with Crippen LogP contribution in [0.2, 0.25) is 0 Å². The lowest BCUT2D eigenvalue weighted by Gasteiger charge is -2.27. The highest BCUT2D eigenvalue weighted by atomic mass is 32.2. The lowest BCUT2D eigenvalue weighted by molar-refractivity contribution is 0.347. The number of hydrogen-bond donors (Lipinski definition) is 0. The van der Waals surface area contributed by atoms with E-state index in [4.69, 9.17) is 0 Å². The van der Waals surface area contributed by atoms with Crippen LogP contribution in [-0.2, 0) is 23.3 Å². The molecule has 0 amide bonds. The van der Waals surface area contributed by atoms with Gasteiger partial charge in [-0.05, 0) is 37.5 Å². The van der Waals surface area contributed by atoms with Crippen molar-refractivity contribution in [1.29, 1.82) is 0 Å². The summed E-state index contributed by atoms with van der Waals surface area (Å²) in [6.07, 6.45) is 3.56. The van der Waals surface area contributed by atoms with Crippen LogP contribution in [0.5, 0.6) is 0 Å². The minimum atomic E-state index is -3.48. The summed E-state index contributed by atoms with van der Waals surface area (Å²) in [5.41, 5.74) is 2.88. The van der Waals surface area contributed by atoms with Crippen molar-refractivity contribution in [2.75, 3.05) is 13.1 Å². The van der Waals surface area contributed by atoms with Crippen molar-refractivity contribution >= 4 is 10.2 Å². The predicted octanol–water partition coefficient (Wildman–Crippen LogP) is 2.73. The van der Waals surface area contributed by atoms with Gasteiger partial charge in [-0.1, -0.05) is 35.9 Å². The van der Waals surface area contributed by atoms with Crippen molar-refractivity contribution in [1.82, 2.24) is 13.6 Å². The summed E-state index contributed by atoms with van der Waals surface area (Å²) in [4.78, 5) is 4.29. The first-order valence-electron chi connectivity index (χ1n) is 8.26. The molecule has 0 saturated carbocycles. The molecule has 0 radical (unpaired) electrons. The molecule has 0 N–H and O–H groups in total. The second kappa shape index (κ2) is 7.42. The number of rotatable bonds is 6. The minimum Gasteiger partial charge on any atom is -0.260 e. The Labute approximate surface area is 144 Å². The zero-order valence-corrected chi connectivity index (χ0v) is 14.7. The second-order valence-corrected chi connectivity index (χ2v) is 8.12. The molecule has 2 heterocycles. The molecule has 1 aromatic heterocycles. The maximum atomic E-state index is 13.1. The van der Waals surface area contributed by atoms with E-state index in [1.165, 1.54) is 4.31 Å². The summed E-state index contributed by atoms with van der Waals surface area (Å²) < 4.78 is 29.2. The first-order valence-corrected chi connectivity index (χ1v) is 9.66. The summed E-state index contributed by atoms with van der Waals surface area (Å²) >= 11 is 0. The normalized spacial score (nSPS) is 15.9. The van der Waals surface area contributed by atoms with Gasteiger partial charge in [0, 0.05) is 25.8 Å². The smallest absolute Gasteiger partial charge is 0.260 e. The maximum absolute atomic E-state index is 13.1. The number of hydrogen-bond acceptors (Lipinski definition) is 3. The molecule has 0 aliphatic carbocycles. The largest absolute Gasteiger partial charge is 0.282 e. The molecule has 1 aliphatic rings. The summed E-state index contributed by atoms with van der Waals surface area (Å²) in [6, 6.07) is 13.6. The molecular weight excluding hydrogens is 322 g/mol. The topological polar surface area (TPSA) is 53.5 Å². The molecule has 1 aliphatic heterocycles. The highest BCUT2D eigenvalue weighted by molar-refractivity contribution is 7.86. The maximum Gasteiger partial charge on any atom is 0.282 e. The molecule has 24 heavy (non-hydrogen) atoms. The van der Waals surface area contributed by atoms with E-state index in [1.54, 1.807) is 10.5 Å². The molecule has 0 unspecified atom stereocenters. The minimum absolute atomic E-state index is 0.285. The average Bonchev–Trinajstić information content (AvgIpc) is 3.10. The number of nitrogens with zero attached hydrogens (tertiary/aromatic N) is 3. The van der Waals surface area contributed by atoms with Crippen molar-refractivity contribution in [3.05, 3.63) is 65.5 Å². The van der Waals surface area contributed by atoms with Gasteiger partial charge >= 0.3 is 0 Å². The van der Waals surface area contributed by atoms with Crippen LogP contribution in [0, 0.1) is 6.92 Å². The number of aromatic nitrogens is 1. The van der Waals surface area contributed by atoms with Gasteiger partial charge in [0.1, 0.15) is 0 Å². The fourth-order valence-corrected chi connectivity index (χ4v) is 4.64. The highest BCUT2D eigenvalue weighted by Crippen LogP contribution is 2.21. The van der Waals surface area contributed by atoms with Crippen LogP contribution in [0.15, 0.2) is 48.7 Å². The van der Waals surface area contributed by atoms with E-state index >= 15 is 0 Å². The van der Waals surface area contributed by atoms with Gasteiger partial charge in [0.05, 0.1) is 12.2 Å². The molecule has 1 fully saturated rings. The summed E-state index contributed by atoms with van der Waals surface area (Å²) in [7, 11) is -3.48. The molecule has 5 nitrogen and oxygen atoms in total. The van der Waals surface area contributed by atoms with E-state index in [2.05, 4.69) is 4.98 Å². The van der Waals surface area contributed by atoms with Gasteiger partial charge in [-0.25, -0.2) is 0 Å². The molecule has 1 aromatic carbocycles. The lowest BCUT2D eigenvalue weighted by atomic mass is 10.1. The van der Waals surface area contributed by atoms with Gasteiger partial charge in [0.15, 0.2) is 0 Å². The van der Waals surface area contributed by atoms with Crippen LogP contribution >= 0.6 is 0 Å². The second-order valence-electron chi connectivity index (χ2n) is 6.19.